The van der Waals surface area contributed by atoms with Crippen molar-refractivity contribution in [3.8, 4) is 0 Å². The molecule has 0 spiro atoms. The molecule has 0 aromatic heterocycles. The van der Waals surface area contributed by atoms with E-state index in [1.165, 1.54) is 0 Å². The highest BCUT2D eigenvalue weighted by Crippen LogP contribution is 1.88. The predicted molar refractivity (Wildman–Crippen MR) is 50.5 cm³/mol. The molecular weight excluding hydrogens is 156 g/mol. The average Bonchev–Trinajstić information content (AvgIpc) is 2.04. The Balaban J connectivity index is 0. The van der Waals surface area contributed by atoms with Gasteiger partial charge in [-0.2, -0.15) is 0 Å². The van der Waals surface area contributed by atoms with Crippen molar-refractivity contribution < 1.29 is 14.2 Å². The van der Waals surface area contributed by atoms with Gasteiger partial charge in [0.25, 0.3) is 0 Å². The van der Waals surface area contributed by atoms with Crippen molar-refractivity contribution in [3.05, 3.63) is 0 Å². The quantitative estimate of drug-likeness (QED) is 0.555. The van der Waals surface area contributed by atoms with Crippen LogP contribution in [0.5, 0.6) is 0 Å². The van der Waals surface area contributed by atoms with Crippen LogP contribution >= 0.6 is 0 Å². The Bertz CT molecular complexity index is 76.2. The molecule has 0 amide bonds. The Labute approximate surface area is 76.0 Å². The number of ether oxygens (including phenoxy) is 3. The summed E-state index contributed by atoms with van der Waals surface area (Å²) in [5.41, 5.74) is 0. The van der Waals surface area contributed by atoms with Crippen molar-refractivity contribution in [2.45, 2.75) is 27.4 Å². The second-order valence-corrected chi connectivity index (χ2v) is 2.32. The van der Waals surface area contributed by atoms with E-state index in [1.807, 2.05) is 13.8 Å². The van der Waals surface area contributed by atoms with Crippen LogP contribution in [0.2, 0.25) is 0 Å². The standard InChI is InChI=1S/C8H18O3.CH4/c1-4-10-5-6-11-7-8(2)9-3;/h8H,4-7H2,1-3H3;1H4. The molecule has 1 unspecified atom stereocenters. The summed E-state index contributed by atoms with van der Waals surface area (Å²) >= 11 is 0. The van der Waals surface area contributed by atoms with Gasteiger partial charge in [-0.25, -0.2) is 0 Å². The van der Waals surface area contributed by atoms with E-state index in [9.17, 15) is 0 Å². The van der Waals surface area contributed by atoms with Gasteiger partial charge in [-0.05, 0) is 13.8 Å². The molecule has 0 saturated heterocycles. The Kier molecular flexibility index (Phi) is 13.1. The summed E-state index contributed by atoms with van der Waals surface area (Å²) in [6.07, 6.45) is 0.177. The molecule has 0 saturated carbocycles. The maximum atomic E-state index is 5.24. The van der Waals surface area contributed by atoms with Gasteiger partial charge >= 0.3 is 0 Å². The molecule has 0 aromatic rings. The lowest BCUT2D eigenvalue weighted by Crippen LogP contribution is -2.16. The van der Waals surface area contributed by atoms with Gasteiger partial charge in [0.1, 0.15) is 0 Å². The molecule has 0 aliphatic heterocycles. The van der Waals surface area contributed by atoms with E-state index < -0.39 is 0 Å². The molecule has 0 aliphatic rings. The summed E-state index contributed by atoms with van der Waals surface area (Å²) in [5.74, 6) is 0. The maximum Gasteiger partial charge on any atom is 0.0776 e. The molecule has 0 heterocycles. The predicted octanol–water partition coefficient (Wildman–Crippen LogP) is 1.71. The molecule has 0 rings (SSSR count). The van der Waals surface area contributed by atoms with Crippen LogP contribution in [0.1, 0.15) is 21.3 Å². The van der Waals surface area contributed by atoms with Crippen LogP contribution in [-0.2, 0) is 14.2 Å². The van der Waals surface area contributed by atoms with Gasteiger partial charge in [-0.15, -0.1) is 0 Å². The molecule has 3 nitrogen and oxygen atoms in total. The highest BCUT2D eigenvalue weighted by Gasteiger charge is 1.97. The van der Waals surface area contributed by atoms with Crippen molar-refractivity contribution >= 4 is 0 Å². The fourth-order valence-corrected chi connectivity index (χ4v) is 0.580. The summed E-state index contributed by atoms with van der Waals surface area (Å²) in [5, 5.41) is 0. The first-order valence-corrected chi connectivity index (χ1v) is 3.99. The monoisotopic (exact) mass is 178 g/mol. The van der Waals surface area contributed by atoms with E-state index in [0.29, 0.717) is 19.8 Å². The minimum absolute atomic E-state index is 0. The maximum absolute atomic E-state index is 5.24. The summed E-state index contributed by atoms with van der Waals surface area (Å²) in [7, 11) is 1.68. The summed E-state index contributed by atoms with van der Waals surface area (Å²) in [6.45, 7) is 6.67. The van der Waals surface area contributed by atoms with Gasteiger partial charge in [0.15, 0.2) is 0 Å². The van der Waals surface area contributed by atoms with Gasteiger partial charge < -0.3 is 14.2 Å². The third kappa shape index (κ3) is 9.88. The van der Waals surface area contributed by atoms with Gasteiger partial charge in [-0.1, -0.05) is 7.43 Å². The minimum Gasteiger partial charge on any atom is -0.379 e. The lowest BCUT2D eigenvalue weighted by Gasteiger charge is -2.09. The van der Waals surface area contributed by atoms with Gasteiger partial charge in [-0.3, -0.25) is 0 Å². The molecule has 0 aliphatic carbocycles. The smallest absolute Gasteiger partial charge is 0.0776 e. The Morgan fingerprint density at radius 3 is 2.25 bits per heavy atom. The van der Waals surface area contributed by atoms with E-state index in [-0.39, 0.29) is 13.5 Å². The first-order chi connectivity index (χ1) is 5.31. The van der Waals surface area contributed by atoms with Gasteiger partial charge in [0.2, 0.25) is 0 Å². The molecule has 1 atom stereocenters. The SMILES string of the molecule is C.CCOCCOCC(C)OC. The molecule has 0 fully saturated rings. The summed E-state index contributed by atoms with van der Waals surface area (Å²) in [6, 6.07) is 0. The molecule has 3 heteroatoms. The second kappa shape index (κ2) is 10.9. The first-order valence-electron chi connectivity index (χ1n) is 3.99. The molecule has 12 heavy (non-hydrogen) atoms. The Morgan fingerprint density at radius 1 is 1.17 bits per heavy atom. The fourth-order valence-electron chi connectivity index (χ4n) is 0.580. The molecule has 0 aromatic carbocycles. The van der Waals surface area contributed by atoms with Crippen LogP contribution in [0.15, 0.2) is 0 Å². The van der Waals surface area contributed by atoms with Gasteiger partial charge in [0, 0.05) is 13.7 Å². The number of hydrogen-bond acceptors (Lipinski definition) is 3. The van der Waals surface area contributed by atoms with Crippen LogP contribution in [-0.4, -0.2) is 39.6 Å². The zero-order valence-electron chi connectivity index (χ0n) is 7.63. The zero-order valence-corrected chi connectivity index (χ0v) is 7.63. The Hall–Kier alpha value is -0.120. The molecule has 76 valence electrons. The fraction of sp³-hybridized carbons (Fsp3) is 1.00. The van der Waals surface area contributed by atoms with Crippen molar-refractivity contribution in [1.29, 1.82) is 0 Å². The second-order valence-electron chi connectivity index (χ2n) is 2.32. The number of rotatable bonds is 7. The third-order valence-electron chi connectivity index (χ3n) is 1.33. The van der Waals surface area contributed by atoms with Crippen molar-refractivity contribution in [2.24, 2.45) is 0 Å². The van der Waals surface area contributed by atoms with Crippen LogP contribution in [0.3, 0.4) is 0 Å². The largest absolute Gasteiger partial charge is 0.379 e. The van der Waals surface area contributed by atoms with E-state index >= 15 is 0 Å². The highest BCUT2D eigenvalue weighted by atomic mass is 16.5. The normalized spacial score (nSPS) is 12.2. The molecule has 0 N–H and O–H groups in total. The van der Waals surface area contributed by atoms with Crippen LogP contribution < -0.4 is 0 Å². The summed E-state index contributed by atoms with van der Waals surface area (Å²) < 4.78 is 15.3. The lowest BCUT2D eigenvalue weighted by atomic mass is 10.4. The zero-order chi connectivity index (χ0) is 8.53. The summed E-state index contributed by atoms with van der Waals surface area (Å²) in [4.78, 5) is 0. The average molecular weight is 178 g/mol. The van der Waals surface area contributed by atoms with Gasteiger partial charge in [0.05, 0.1) is 25.9 Å². The first kappa shape index (κ1) is 14.4. The van der Waals surface area contributed by atoms with E-state index in [0.717, 1.165) is 6.61 Å². The molecular formula is C9H22O3. The lowest BCUT2D eigenvalue weighted by molar-refractivity contribution is -0.00461. The van der Waals surface area contributed by atoms with Crippen molar-refractivity contribution in [2.75, 3.05) is 33.5 Å². The topological polar surface area (TPSA) is 27.7 Å². The molecule has 0 radical (unpaired) electrons. The van der Waals surface area contributed by atoms with E-state index in [4.69, 9.17) is 14.2 Å². The van der Waals surface area contributed by atoms with Crippen molar-refractivity contribution in [1.82, 2.24) is 0 Å². The number of hydrogen-bond donors (Lipinski definition) is 0. The Morgan fingerprint density at radius 2 is 1.75 bits per heavy atom. The van der Waals surface area contributed by atoms with E-state index in [1.54, 1.807) is 7.11 Å². The van der Waals surface area contributed by atoms with Crippen molar-refractivity contribution in [3.63, 3.8) is 0 Å². The van der Waals surface area contributed by atoms with Crippen LogP contribution in [0.25, 0.3) is 0 Å². The van der Waals surface area contributed by atoms with E-state index in [2.05, 4.69) is 0 Å². The van der Waals surface area contributed by atoms with Crippen LogP contribution in [0.4, 0.5) is 0 Å². The third-order valence-corrected chi connectivity index (χ3v) is 1.33. The molecule has 0 bridgehead atoms. The number of methoxy groups -OCH3 is 1. The minimum atomic E-state index is 0. The highest BCUT2D eigenvalue weighted by molar-refractivity contribution is 4.43. The van der Waals surface area contributed by atoms with Crippen LogP contribution in [0, 0.1) is 0 Å².